The van der Waals surface area contributed by atoms with Crippen LogP contribution in [0.2, 0.25) is 0 Å². The molecule has 0 bridgehead atoms. The van der Waals surface area contributed by atoms with Crippen molar-refractivity contribution in [1.82, 2.24) is 10.2 Å². The summed E-state index contributed by atoms with van der Waals surface area (Å²) in [5, 5.41) is 3.30. The second-order valence-electron chi connectivity index (χ2n) is 4.43. The van der Waals surface area contributed by atoms with Crippen molar-refractivity contribution in [3.05, 3.63) is 0 Å². The number of amides is 1. The molecule has 0 aromatic heterocycles. The third-order valence-electron chi connectivity index (χ3n) is 3.40. The fourth-order valence-electron chi connectivity index (χ4n) is 2.40. The van der Waals surface area contributed by atoms with E-state index in [0.29, 0.717) is 0 Å². The molecular formula is C11H21ClN2O2. The number of carbonyl (C=O) groups is 1. The molecule has 0 aromatic carbocycles. The zero-order valence-electron chi connectivity index (χ0n) is 9.78. The van der Waals surface area contributed by atoms with Gasteiger partial charge in [0.05, 0.1) is 12.1 Å². The molecule has 0 radical (unpaired) electrons. The van der Waals surface area contributed by atoms with E-state index >= 15 is 0 Å². The summed E-state index contributed by atoms with van der Waals surface area (Å²) >= 11 is 0. The smallest absolute Gasteiger partial charge is 0.239 e. The van der Waals surface area contributed by atoms with Gasteiger partial charge < -0.3 is 15.0 Å². The van der Waals surface area contributed by atoms with Gasteiger partial charge in [0.15, 0.2) is 0 Å². The quantitative estimate of drug-likeness (QED) is 0.786. The van der Waals surface area contributed by atoms with Gasteiger partial charge in [-0.2, -0.15) is 0 Å². The van der Waals surface area contributed by atoms with Crippen LogP contribution in [0.1, 0.15) is 25.7 Å². The van der Waals surface area contributed by atoms with Crippen molar-refractivity contribution >= 4 is 18.3 Å². The van der Waals surface area contributed by atoms with E-state index in [9.17, 15) is 4.79 Å². The number of nitrogens with zero attached hydrogens (tertiary/aromatic N) is 1. The lowest BCUT2D eigenvalue weighted by atomic mass is 10.0. The number of hydrogen-bond acceptors (Lipinski definition) is 3. The van der Waals surface area contributed by atoms with E-state index in [1.807, 2.05) is 4.90 Å². The van der Waals surface area contributed by atoms with E-state index in [2.05, 4.69) is 5.32 Å². The standard InChI is InChI=1S/C11H20N2O2.ClH/c1-15-9-5-7-13(8-9)11(14)10-4-2-3-6-12-10;/h9-10,12H,2-8H2,1H3;1H/t9-,10?;/m1./s1. The predicted octanol–water partition coefficient (Wildman–Crippen LogP) is 0.798. The lowest BCUT2D eigenvalue weighted by Crippen LogP contribution is -2.48. The number of rotatable bonds is 2. The van der Waals surface area contributed by atoms with Gasteiger partial charge in [-0.3, -0.25) is 4.79 Å². The zero-order chi connectivity index (χ0) is 10.7. The van der Waals surface area contributed by atoms with Gasteiger partial charge in [-0.25, -0.2) is 0 Å². The molecule has 2 fully saturated rings. The minimum atomic E-state index is 0. The first-order valence-corrected chi connectivity index (χ1v) is 5.86. The van der Waals surface area contributed by atoms with Crippen LogP contribution in [0.5, 0.6) is 0 Å². The molecule has 1 amide bonds. The minimum Gasteiger partial charge on any atom is -0.380 e. The fraction of sp³-hybridized carbons (Fsp3) is 0.909. The molecule has 2 atom stereocenters. The van der Waals surface area contributed by atoms with Crippen LogP contribution >= 0.6 is 12.4 Å². The highest BCUT2D eigenvalue weighted by atomic mass is 35.5. The summed E-state index contributed by atoms with van der Waals surface area (Å²) in [6, 6.07) is 0.0642. The van der Waals surface area contributed by atoms with Gasteiger partial charge in [-0.05, 0) is 25.8 Å². The van der Waals surface area contributed by atoms with Crippen molar-refractivity contribution in [2.24, 2.45) is 0 Å². The summed E-state index contributed by atoms with van der Waals surface area (Å²) in [5.41, 5.74) is 0. The molecule has 0 saturated carbocycles. The van der Waals surface area contributed by atoms with E-state index in [0.717, 1.165) is 32.5 Å². The second-order valence-corrected chi connectivity index (χ2v) is 4.43. The molecule has 4 nitrogen and oxygen atoms in total. The lowest BCUT2D eigenvalue weighted by molar-refractivity contribution is -0.133. The number of likely N-dealkylation sites (tertiary alicyclic amines) is 1. The average Bonchev–Trinajstić information content (AvgIpc) is 2.78. The average molecular weight is 249 g/mol. The second kappa shape index (κ2) is 6.42. The Balaban J connectivity index is 0.00000128. The molecule has 0 aromatic rings. The molecule has 94 valence electrons. The van der Waals surface area contributed by atoms with E-state index in [1.165, 1.54) is 12.8 Å². The summed E-state index contributed by atoms with van der Waals surface area (Å²) in [7, 11) is 1.72. The Kier molecular flexibility index (Phi) is 5.52. The van der Waals surface area contributed by atoms with Crippen molar-refractivity contribution in [2.45, 2.75) is 37.8 Å². The Labute approximate surface area is 103 Å². The highest BCUT2D eigenvalue weighted by Gasteiger charge is 2.31. The first kappa shape index (κ1) is 13.7. The highest BCUT2D eigenvalue weighted by molar-refractivity contribution is 5.85. The number of carbonyl (C=O) groups excluding carboxylic acids is 1. The summed E-state index contributed by atoms with van der Waals surface area (Å²) in [6.45, 7) is 2.61. The monoisotopic (exact) mass is 248 g/mol. The van der Waals surface area contributed by atoms with E-state index in [1.54, 1.807) is 7.11 Å². The van der Waals surface area contributed by atoms with Gasteiger partial charge in [0.2, 0.25) is 5.91 Å². The molecular weight excluding hydrogens is 228 g/mol. The van der Waals surface area contributed by atoms with Crippen molar-refractivity contribution in [2.75, 3.05) is 26.7 Å². The zero-order valence-corrected chi connectivity index (χ0v) is 10.6. The maximum atomic E-state index is 12.1. The normalized spacial score (nSPS) is 29.9. The summed E-state index contributed by atoms with van der Waals surface area (Å²) in [5.74, 6) is 0.272. The van der Waals surface area contributed by atoms with Crippen LogP contribution in [0.25, 0.3) is 0 Å². The maximum absolute atomic E-state index is 12.1. The molecule has 1 N–H and O–H groups in total. The Morgan fingerprint density at radius 2 is 2.19 bits per heavy atom. The fourth-order valence-corrected chi connectivity index (χ4v) is 2.40. The Bertz CT molecular complexity index is 232. The maximum Gasteiger partial charge on any atom is 0.239 e. The molecule has 16 heavy (non-hydrogen) atoms. The van der Waals surface area contributed by atoms with Gasteiger partial charge >= 0.3 is 0 Å². The Hall–Kier alpha value is -0.320. The minimum absolute atomic E-state index is 0. The van der Waals surface area contributed by atoms with Crippen molar-refractivity contribution in [1.29, 1.82) is 0 Å². The van der Waals surface area contributed by atoms with Crippen LogP contribution in [-0.2, 0) is 9.53 Å². The van der Waals surface area contributed by atoms with E-state index < -0.39 is 0 Å². The lowest BCUT2D eigenvalue weighted by Gasteiger charge is -2.27. The Morgan fingerprint density at radius 3 is 2.75 bits per heavy atom. The molecule has 0 spiro atoms. The summed E-state index contributed by atoms with van der Waals surface area (Å²) < 4.78 is 5.26. The van der Waals surface area contributed by atoms with Crippen LogP contribution in [0.15, 0.2) is 0 Å². The highest BCUT2D eigenvalue weighted by Crippen LogP contribution is 2.16. The molecule has 1 unspecified atom stereocenters. The van der Waals surface area contributed by atoms with Crippen molar-refractivity contribution in [3.8, 4) is 0 Å². The van der Waals surface area contributed by atoms with Gasteiger partial charge in [-0.15, -0.1) is 12.4 Å². The molecule has 2 saturated heterocycles. The summed E-state index contributed by atoms with van der Waals surface area (Å²) in [6.07, 6.45) is 4.59. The third kappa shape index (κ3) is 3.09. The van der Waals surface area contributed by atoms with Crippen LogP contribution in [0.4, 0.5) is 0 Å². The topological polar surface area (TPSA) is 41.6 Å². The first-order chi connectivity index (χ1) is 7.31. The third-order valence-corrected chi connectivity index (χ3v) is 3.40. The van der Waals surface area contributed by atoms with Crippen LogP contribution < -0.4 is 5.32 Å². The number of nitrogens with one attached hydrogen (secondary N) is 1. The first-order valence-electron chi connectivity index (χ1n) is 5.86. The molecule has 2 aliphatic heterocycles. The number of hydrogen-bond donors (Lipinski definition) is 1. The van der Waals surface area contributed by atoms with E-state index in [4.69, 9.17) is 4.74 Å². The van der Waals surface area contributed by atoms with Gasteiger partial charge in [0, 0.05) is 20.2 Å². The summed E-state index contributed by atoms with van der Waals surface area (Å²) in [4.78, 5) is 14.0. The molecule has 2 aliphatic rings. The molecule has 2 heterocycles. The van der Waals surface area contributed by atoms with Crippen molar-refractivity contribution in [3.63, 3.8) is 0 Å². The predicted molar refractivity (Wildman–Crippen MR) is 64.9 cm³/mol. The number of methoxy groups -OCH3 is 1. The van der Waals surface area contributed by atoms with Crippen LogP contribution in [-0.4, -0.2) is 49.7 Å². The number of halogens is 1. The van der Waals surface area contributed by atoms with Gasteiger partial charge in [-0.1, -0.05) is 6.42 Å². The largest absolute Gasteiger partial charge is 0.380 e. The number of piperidine rings is 1. The molecule has 5 heteroatoms. The van der Waals surface area contributed by atoms with Gasteiger partial charge in [0.1, 0.15) is 0 Å². The Morgan fingerprint density at radius 1 is 1.38 bits per heavy atom. The van der Waals surface area contributed by atoms with Gasteiger partial charge in [0.25, 0.3) is 0 Å². The molecule has 0 aliphatic carbocycles. The van der Waals surface area contributed by atoms with E-state index in [-0.39, 0.29) is 30.5 Å². The van der Waals surface area contributed by atoms with Crippen LogP contribution in [0, 0.1) is 0 Å². The van der Waals surface area contributed by atoms with Crippen molar-refractivity contribution < 1.29 is 9.53 Å². The van der Waals surface area contributed by atoms with Crippen LogP contribution in [0.3, 0.4) is 0 Å². The molecule has 2 rings (SSSR count). The number of ether oxygens (including phenoxy) is 1. The SMILES string of the molecule is CO[C@@H]1CCN(C(=O)C2CCCCN2)C1.Cl.